The summed E-state index contributed by atoms with van der Waals surface area (Å²) in [6, 6.07) is 0.536. The molecule has 2 N–H and O–H groups in total. The van der Waals surface area contributed by atoms with Crippen LogP contribution in [0.1, 0.15) is 32.1 Å². The Hall–Kier alpha value is -0.570. The van der Waals surface area contributed by atoms with Gasteiger partial charge in [-0.25, -0.2) is 0 Å². The van der Waals surface area contributed by atoms with E-state index in [0.717, 1.165) is 19.0 Å². The zero-order chi connectivity index (χ0) is 9.10. The molecule has 1 atom stereocenters. The third-order valence-corrected chi connectivity index (χ3v) is 3.25. The molecule has 74 valence electrons. The number of nitrogens with one attached hydrogen (secondary N) is 2. The first-order chi connectivity index (χ1) is 6.36. The van der Waals surface area contributed by atoms with Crippen LogP contribution in [0.2, 0.25) is 0 Å². The molecule has 1 aliphatic carbocycles. The molecule has 0 bridgehead atoms. The molecular weight excluding hydrogens is 164 g/mol. The monoisotopic (exact) mass is 182 g/mol. The molecule has 0 aromatic carbocycles. The third-order valence-electron chi connectivity index (χ3n) is 3.25. The van der Waals surface area contributed by atoms with Crippen molar-refractivity contribution in [2.75, 3.05) is 13.1 Å². The van der Waals surface area contributed by atoms with Crippen molar-refractivity contribution in [2.24, 2.45) is 5.92 Å². The summed E-state index contributed by atoms with van der Waals surface area (Å²) < 4.78 is 0. The first-order valence-corrected chi connectivity index (χ1v) is 5.36. The van der Waals surface area contributed by atoms with Crippen LogP contribution in [-0.2, 0) is 4.79 Å². The van der Waals surface area contributed by atoms with E-state index in [-0.39, 0.29) is 5.91 Å². The largest absolute Gasteiger partial charge is 0.354 e. The van der Waals surface area contributed by atoms with Crippen LogP contribution >= 0.6 is 0 Å². The second-order valence-electron chi connectivity index (χ2n) is 4.16. The predicted molar refractivity (Wildman–Crippen MR) is 51.4 cm³/mol. The summed E-state index contributed by atoms with van der Waals surface area (Å²) in [5.41, 5.74) is 0. The van der Waals surface area contributed by atoms with E-state index in [0.29, 0.717) is 12.5 Å². The van der Waals surface area contributed by atoms with Gasteiger partial charge in [-0.3, -0.25) is 4.79 Å². The molecule has 2 rings (SSSR count). The Labute approximate surface area is 79.3 Å². The lowest BCUT2D eigenvalue weighted by molar-refractivity contribution is -0.120. The molecule has 1 heterocycles. The van der Waals surface area contributed by atoms with Crippen LogP contribution in [0.5, 0.6) is 0 Å². The van der Waals surface area contributed by atoms with Crippen molar-refractivity contribution in [1.82, 2.24) is 10.6 Å². The molecule has 1 amide bonds. The molecule has 0 radical (unpaired) electrons. The number of hydrogen-bond acceptors (Lipinski definition) is 2. The molecule has 1 saturated carbocycles. The molecule has 0 spiro atoms. The normalized spacial score (nSPS) is 31.4. The molecule has 1 saturated heterocycles. The zero-order valence-electron chi connectivity index (χ0n) is 8.01. The van der Waals surface area contributed by atoms with Gasteiger partial charge in [-0.1, -0.05) is 12.8 Å². The van der Waals surface area contributed by atoms with Gasteiger partial charge in [-0.05, 0) is 18.8 Å². The van der Waals surface area contributed by atoms with E-state index >= 15 is 0 Å². The van der Waals surface area contributed by atoms with Gasteiger partial charge in [-0.15, -0.1) is 0 Å². The van der Waals surface area contributed by atoms with Gasteiger partial charge < -0.3 is 10.6 Å². The lowest BCUT2D eigenvalue weighted by Crippen LogP contribution is -2.41. The highest BCUT2D eigenvalue weighted by atomic mass is 16.1. The van der Waals surface area contributed by atoms with E-state index in [4.69, 9.17) is 0 Å². The van der Waals surface area contributed by atoms with E-state index in [1.54, 1.807) is 0 Å². The molecule has 1 unspecified atom stereocenters. The minimum atomic E-state index is 0.202. The van der Waals surface area contributed by atoms with Crippen LogP contribution in [-0.4, -0.2) is 25.0 Å². The SMILES string of the molecule is O=C1CCNC(C2CCCC2)CN1. The third kappa shape index (κ3) is 2.21. The summed E-state index contributed by atoms with van der Waals surface area (Å²) >= 11 is 0. The number of hydrogen-bond donors (Lipinski definition) is 2. The number of amides is 1. The van der Waals surface area contributed by atoms with Crippen LogP contribution in [0.15, 0.2) is 0 Å². The summed E-state index contributed by atoms with van der Waals surface area (Å²) in [7, 11) is 0. The standard InChI is InChI=1S/C10H18N2O/c13-10-5-6-11-9(7-12-10)8-3-1-2-4-8/h8-9,11H,1-7H2,(H,12,13). The molecule has 1 aliphatic heterocycles. The van der Waals surface area contributed by atoms with Crippen molar-refractivity contribution >= 4 is 5.91 Å². The summed E-state index contributed by atoms with van der Waals surface area (Å²) in [4.78, 5) is 11.1. The molecule has 0 aromatic heterocycles. The average Bonchev–Trinajstić information content (AvgIpc) is 2.56. The van der Waals surface area contributed by atoms with Crippen molar-refractivity contribution in [3.63, 3.8) is 0 Å². The molecule has 0 aromatic rings. The highest BCUT2D eigenvalue weighted by Gasteiger charge is 2.26. The van der Waals surface area contributed by atoms with Crippen molar-refractivity contribution in [3.8, 4) is 0 Å². The zero-order valence-corrected chi connectivity index (χ0v) is 8.01. The van der Waals surface area contributed by atoms with Gasteiger partial charge in [0.05, 0.1) is 0 Å². The lowest BCUT2D eigenvalue weighted by atomic mass is 9.98. The van der Waals surface area contributed by atoms with Crippen LogP contribution in [0.3, 0.4) is 0 Å². The Bertz CT molecular complexity index is 187. The maximum atomic E-state index is 11.1. The van der Waals surface area contributed by atoms with Gasteiger partial charge in [0.2, 0.25) is 5.91 Å². The molecule has 2 fully saturated rings. The second-order valence-corrected chi connectivity index (χ2v) is 4.16. The van der Waals surface area contributed by atoms with Crippen molar-refractivity contribution in [1.29, 1.82) is 0 Å². The maximum absolute atomic E-state index is 11.1. The number of rotatable bonds is 1. The fourth-order valence-electron chi connectivity index (χ4n) is 2.45. The highest BCUT2D eigenvalue weighted by Crippen LogP contribution is 2.27. The molecule has 2 aliphatic rings. The van der Waals surface area contributed by atoms with Crippen molar-refractivity contribution < 1.29 is 4.79 Å². The van der Waals surface area contributed by atoms with Gasteiger partial charge in [-0.2, -0.15) is 0 Å². The van der Waals surface area contributed by atoms with Gasteiger partial charge in [0.1, 0.15) is 0 Å². The molecule has 13 heavy (non-hydrogen) atoms. The van der Waals surface area contributed by atoms with E-state index in [1.807, 2.05) is 0 Å². The maximum Gasteiger partial charge on any atom is 0.221 e. The van der Waals surface area contributed by atoms with Gasteiger partial charge >= 0.3 is 0 Å². The Kier molecular flexibility index (Phi) is 2.83. The topological polar surface area (TPSA) is 41.1 Å². The Balaban J connectivity index is 1.87. The Morgan fingerprint density at radius 1 is 1.23 bits per heavy atom. The van der Waals surface area contributed by atoms with Crippen LogP contribution < -0.4 is 10.6 Å². The van der Waals surface area contributed by atoms with Crippen LogP contribution in [0.25, 0.3) is 0 Å². The van der Waals surface area contributed by atoms with Gasteiger partial charge in [0.15, 0.2) is 0 Å². The van der Waals surface area contributed by atoms with Gasteiger partial charge in [0, 0.05) is 25.6 Å². The van der Waals surface area contributed by atoms with E-state index < -0.39 is 0 Å². The Morgan fingerprint density at radius 3 is 2.77 bits per heavy atom. The molecular formula is C10H18N2O. The second kappa shape index (κ2) is 4.09. The quantitative estimate of drug-likeness (QED) is 0.625. The first-order valence-electron chi connectivity index (χ1n) is 5.36. The summed E-state index contributed by atoms with van der Waals surface area (Å²) in [6.07, 6.45) is 6.07. The molecule has 3 heteroatoms. The number of carbonyl (C=O) groups is 1. The minimum Gasteiger partial charge on any atom is -0.354 e. The van der Waals surface area contributed by atoms with E-state index in [9.17, 15) is 4.79 Å². The first kappa shape index (κ1) is 9.00. The number of carbonyl (C=O) groups excluding carboxylic acids is 1. The van der Waals surface area contributed by atoms with Crippen LogP contribution in [0.4, 0.5) is 0 Å². The summed E-state index contributed by atoms with van der Waals surface area (Å²) in [5, 5.41) is 6.44. The van der Waals surface area contributed by atoms with Gasteiger partial charge in [0.25, 0.3) is 0 Å². The van der Waals surface area contributed by atoms with E-state index in [2.05, 4.69) is 10.6 Å². The molecule has 3 nitrogen and oxygen atoms in total. The fourth-order valence-corrected chi connectivity index (χ4v) is 2.45. The smallest absolute Gasteiger partial charge is 0.221 e. The van der Waals surface area contributed by atoms with Crippen LogP contribution in [0, 0.1) is 5.92 Å². The highest BCUT2D eigenvalue weighted by molar-refractivity contribution is 5.76. The minimum absolute atomic E-state index is 0.202. The summed E-state index contributed by atoms with van der Waals surface area (Å²) in [6.45, 7) is 1.69. The van der Waals surface area contributed by atoms with Crippen molar-refractivity contribution in [2.45, 2.75) is 38.1 Å². The predicted octanol–water partition coefficient (Wildman–Crippen LogP) is 0.655. The summed E-state index contributed by atoms with van der Waals surface area (Å²) in [5.74, 6) is 1.01. The average molecular weight is 182 g/mol. The van der Waals surface area contributed by atoms with Crippen molar-refractivity contribution in [3.05, 3.63) is 0 Å². The lowest BCUT2D eigenvalue weighted by Gasteiger charge is -2.22. The fraction of sp³-hybridized carbons (Fsp3) is 0.900. The Morgan fingerprint density at radius 2 is 2.00 bits per heavy atom. The van der Waals surface area contributed by atoms with E-state index in [1.165, 1.54) is 25.7 Å².